The summed E-state index contributed by atoms with van der Waals surface area (Å²) in [6.45, 7) is 1.59. The lowest BCUT2D eigenvalue weighted by Crippen LogP contribution is -2.40. The first-order valence-corrected chi connectivity index (χ1v) is 9.99. The number of ether oxygens (including phenoxy) is 1. The number of anilines is 1. The van der Waals surface area contributed by atoms with Crippen LogP contribution in [0.2, 0.25) is 0 Å². The summed E-state index contributed by atoms with van der Waals surface area (Å²) < 4.78 is 29.0. The van der Waals surface area contributed by atoms with Gasteiger partial charge >= 0.3 is 0 Å². The van der Waals surface area contributed by atoms with Crippen LogP contribution >= 0.6 is 0 Å². The minimum absolute atomic E-state index is 0.0197. The van der Waals surface area contributed by atoms with Crippen LogP contribution in [0.5, 0.6) is 0 Å². The summed E-state index contributed by atoms with van der Waals surface area (Å²) in [5.41, 5.74) is 1.14. The standard InChI is InChI=1S/C16H20N4O3S/c21-24(22)10-7-20(8-11-24)16-17-15(18-19-16)13-6-9-23-14(13)12-4-2-1-3-5-12/h1-5,13-14H,6-11H2,(H,17,18,19)/t13-,14+/m1/s1. The van der Waals surface area contributed by atoms with E-state index < -0.39 is 9.84 Å². The smallest absolute Gasteiger partial charge is 0.244 e. The molecule has 1 N–H and O–H groups in total. The number of rotatable bonds is 3. The summed E-state index contributed by atoms with van der Waals surface area (Å²) in [5.74, 6) is 1.86. The van der Waals surface area contributed by atoms with Gasteiger partial charge in [-0.3, -0.25) is 5.10 Å². The Hall–Kier alpha value is -1.93. The van der Waals surface area contributed by atoms with E-state index in [9.17, 15) is 8.42 Å². The average molecular weight is 348 g/mol. The molecular weight excluding hydrogens is 328 g/mol. The fraction of sp³-hybridized carbons (Fsp3) is 0.500. The first kappa shape index (κ1) is 15.6. The van der Waals surface area contributed by atoms with Crippen LogP contribution in [0, 0.1) is 0 Å². The van der Waals surface area contributed by atoms with Crippen molar-refractivity contribution in [2.45, 2.75) is 18.4 Å². The summed E-state index contributed by atoms with van der Waals surface area (Å²) in [6, 6.07) is 10.1. The van der Waals surface area contributed by atoms with Crippen molar-refractivity contribution in [2.75, 3.05) is 36.1 Å². The van der Waals surface area contributed by atoms with Crippen molar-refractivity contribution in [3.05, 3.63) is 41.7 Å². The first-order valence-electron chi connectivity index (χ1n) is 8.17. The van der Waals surface area contributed by atoms with Gasteiger partial charge in [-0.1, -0.05) is 30.3 Å². The van der Waals surface area contributed by atoms with Gasteiger partial charge in [0.25, 0.3) is 0 Å². The van der Waals surface area contributed by atoms with Crippen molar-refractivity contribution in [3.63, 3.8) is 0 Å². The Balaban J connectivity index is 1.52. The van der Waals surface area contributed by atoms with E-state index in [1.165, 1.54) is 0 Å². The zero-order valence-corrected chi connectivity index (χ0v) is 14.1. The van der Waals surface area contributed by atoms with Crippen LogP contribution in [-0.2, 0) is 14.6 Å². The molecular formula is C16H20N4O3S. The number of aromatic amines is 1. The Kier molecular flexibility index (Phi) is 4.01. The molecule has 4 rings (SSSR count). The Morgan fingerprint density at radius 3 is 2.67 bits per heavy atom. The van der Waals surface area contributed by atoms with Crippen LogP contribution in [0.1, 0.15) is 29.8 Å². The molecule has 2 fully saturated rings. The molecule has 1 aromatic heterocycles. The van der Waals surface area contributed by atoms with Gasteiger partial charge in [-0.2, -0.15) is 4.98 Å². The van der Waals surface area contributed by atoms with E-state index in [2.05, 4.69) is 27.3 Å². The third kappa shape index (κ3) is 3.03. The Bertz CT molecular complexity index is 792. The molecule has 0 saturated carbocycles. The maximum atomic E-state index is 11.5. The lowest BCUT2D eigenvalue weighted by molar-refractivity contribution is 0.103. The molecule has 3 heterocycles. The van der Waals surface area contributed by atoms with E-state index >= 15 is 0 Å². The number of hydrogen-bond acceptors (Lipinski definition) is 6. The zero-order chi connectivity index (χ0) is 16.6. The Morgan fingerprint density at radius 2 is 1.92 bits per heavy atom. The van der Waals surface area contributed by atoms with Gasteiger partial charge in [-0.15, -0.1) is 5.10 Å². The summed E-state index contributed by atoms with van der Waals surface area (Å²) in [7, 11) is -2.90. The Morgan fingerprint density at radius 1 is 1.17 bits per heavy atom. The van der Waals surface area contributed by atoms with Gasteiger partial charge in [-0.25, -0.2) is 8.42 Å². The normalized spacial score (nSPS) is 26.6. The number of H-pyrrole nitrogens is 1. The SMILES string of the molecule is O=S1(=O)CCN(c2n[nH]c([C@@H]3CCO[C@H]3c3ccccc3)n2)CC1. The van der Waals surface area contributed by atoms with Crippen LogP contribution < -0.4 is 4.90 Å². The minimum Gasteiger partial charge on any atom is -0.373 e. The molecule has 1 aromatic carbocycles. The number of sulfone groups is 1. The largest absolute Gasteiger partial charge is 0.373 e. The summed E-state index contributed by atoms with van der Waals surface area (Å²) in [5, 5.41) is 7.33. The second-order valence-corrected chi connectivity index (χ2v) is 8.56. The summed E-state index contributed by atoms with van der Waals surface area (Å²) >= 11 is 0. The number of aromatic nitrogens is 3. The maximum absolute atomic E-state index is 11.5. The van der Waals surface area contributed by atoms with Crippen molar-refractivity contribution < 1.29 is 13.2 Å². The van der Waals surface area contributed by atoms with Crippen LogP contribution in [0.4, 0.5) is 5.95 Å². The van der Waals surface area contributed by atoms with Gasteiger partial charge in [0.05, 0.1) is 23.5 Å². The van der Waals surface area contributed by atoms with Crippen LogP contribution in [0.25, 0.3) is 0 Å². The highest BCUT2D eigenvalue weighted by Crippen LogP contribution is 2.40. The Labute approximate surface area is 141 Å². The minimum atomic E-state index is -2.90. The number of nitrogens with one attached hydrogen (secondary N) is 1. The quantitative estimate of drug-likeness (QED) is 0.899. The monoisotopic (exact) mass is 348 g/mol. The third-order valence-corrected chi connectivity index (χ3v) is 6.30. The molecule has 2 aliphatic heterocycles. The predicted molar refractivity (Wildman–Crippen MR) is 89.7 cm³/mol. The number of nitrogens with zero attached hydrogens (tertiary/aromatic N) is 3. The maximum Gasteiger partial charge on any atom is 0.244 e. The van der Waals surface area contributed by atoms with Crippen molar-refractivity contribution in [1.29, 1.82) is 0 Å². The highest BCUT2D eigenvalue weighted by molar-refractivity contribution is 7.91. The van der Waals surface area contributed by atoms with Crippen LogP contribution in [0.3, 0.4) is 0 Å². The average Bonchev–Trinajstić information content (AvgIpc) is 3.24. The van der Waals surface area contributed by atoms with Crippen molar-refractivity contribution in [1.82, 2.24) is 15.2 Å². The fourth-order valence-electron chi connectivity index (χ4n) is 3.33. The lowest BCUT2D eigenvalue weighted by atomic mass is 9.95. The van der Waals surface area contributed by atoms with E-state index in [-0.39, 0.29) is 23.5 Å². The van der Waals surface area contributed by atoms with Gasteiger partial charge in [0, 0.05) is 19.7 Å². The molecule has 0 aliphatic carbocycles. The number of hydrogen-bond donors (Lipinski definition) is 1. The van der Waals surface area contributed by atoms with Gasteiger partial charge in [0.15, 0.2) is 9.84 Å². The van der Waals surface area contributed by atoms with E-state index in [4.69, 9.17) is 4.74 Å². The molecule has 8 heteroatoms. The molecule has 2 saturated heterocycles. The van der Waals surface area contributed by atoms with Crippen molar-refractivity contribution >= 4 is 15.8 Å². The lowest BCUT2D eigenvalue weighted by Gasteiger charge is -2.25. The molecule has 2 aromatic rings. The molecule has 2 aliphatic rings. The van der Waals surface area contributed by atoms with Crippen molar-refractivity contribution in [3.8, 4) is 0 Å². The number of benzene rings is 1. The molecule has 7 nitrogen and oxygen atoms in total. The second kappa shape index (κ2) is 6.18. The van der Waals surface area contributed by atoms with Gasteiger partial charge in [0.1, 0.15) is 5.82 Å². The van der Waals surface area contributed by atoms with E-state index in [1.807, 2.05) is 23.1 Å². The van der Waals surface area contributed by atoms with Gasteiger partial charge in [0.2, 0.25) is 5.95 Å². The van der Waals surface area contributed by atoms with Crippen LogP contribution in [0.15, 0.2) is 30.3 Å². The van der Waals surface area contributed by atoms with Crippen molar-refractivity contribution in [2.24, 2.45) is 0 Å². The van der Waals surface area contributed by atoms with Crippen LogP contribution in [-0.4, -0.2) is 54.8 Å². The molecule has 24 heavy (non-hydrogen) atoms. The van der Waals surface area contributed by atoms with E-state index in [0.717, 1.165) is 17.8 Å². The summed E-state index contributed by atoms with van der Waals surface area (Å²) in [6.07, 6.45) is 0.872. The topological polar surface area (TPSA) is 88.2 Å². The molecule has 0 bridgehead atoms. The van der Waals surface area contributed by atoms with Gasteiger partial charge in [-0.05, 0) is 12.0 Å². The molecule has 2 atom stereocenters. The molecule has 0 spiro atoms. The highest BCUT2D eigenvalue weighted by Gasteiger charge is 2.34. The van der Waals surface area contributed by atoms with Gasteiger partial charge < -0.3 is 9.64 Å². The van der Waals surface area contributed by atoms with E-state index in [1.54, 1.807) is 0 Å². The summed E-state index contributed by atoms with van der Waals surface area (Å²) in [4.78, 5) is 6.55. The zero-order valence-electron chi connectivity index (χ0n) is 13.3. The molecule has 0 unspecified atom stereocenters. The molecule has 0 radical (unpaired) electrons. The first-order chi connectivity index (χ1) is 11.6. The molecule has 128 valence electrons. The molecule has 0 amide bonds. The predicted octanol–water partition coefficient (Wildman–Crippen LogP) is 1.28. The third-order valence-electron chi connectivity index (χ3n) is 4.69. The van der Waals surface area contributed by atoms with E-state index in [0.29, 0.717) is 25.6 Å². The second-order valence-electron chi connectivity index (χ2n) is 6.26. The highest BCUT2D eigenvalue weighted by atomic mass is 32.2. The fourth-order valence-corrected chi connectivity index (χ4v) is 4.53.